The van der Waals surface area contributed by atoms with E-state index in [2.05, 4.69) is 53.7 Å². The molecular formula is C28H48. The molecule has 28 heavy (non-hydrogen) atoms. The maximum atomic E-state index is 2.74. The quantitative estimate of drug-likeness (QED) is 0.417. The van der Waals surface area contributed by atoms with E-state index in [0.29, 0.717) is 10.8 Å². The first-order chi connectivity index (χ1) is 13.3. The summed E-state index contributed by atoms with van der Waals surface area (Å²) in [6, 6.07) is 0. The van der Waals surface area contributed by atoms with Gasteiger partial charge in [-0.3, -0.25) is 0 Å². The lowest BCUT2D eigenvalue weighted by molar-refractivity contribution is -0.109. The van der Waals surface area contributed by atoms with Gasteiger partial charge in [-0.05, 0) is 103 Å². The molecule has 0 amide bonds. The standard InChI is InChI=1S/C28H48/c1-19(2)9-7-10-20(3)24-14-15-25-22-12-13-23-21(4)11-8-17-27(23,5)26(22)16-18-28(24,25)6/h8,11,19-26H,7,9-10,12-18H2,1-6H3/t20-,21?,22+,23?,24-,25+,26+,27+,28-/m1/s1. The molecular weight excluding hydrogens is 336 g/mol. The second-order valence-corrected chi connectivity index (χ2v) is 12.6. The fourth-order valence-electron chi connectivity index (χ4n) is 9.35. The molecule has 0 aliphatic heterocycles. The molecule has 3 saturated carbocycles. The molecule has 4 aliphatic rings. The van der Waals surface area contributed by atoms with Gasteiger partial charge in [-0.25, -0.2) is 0 Å². The first-order valence-electron chi connectivity index (χ1n) is 12.9. The van der Waals surface area contributed by atoms with E-state index in [1.165, 1.54) is 57.8 Å². The Kier molecular flexibility index (Phi) is 5.83. The lowest BCUT2D eigenvalue weighted by Crippen LogP contribution is -2.53. The normalized spacial score (nSPS) is 48.8. The number of hydrogen-bond donors (Lipinski definition) is 0. The number of allylic oxidation sites excluding steroid dienone is 2. The van der Waals surface area contributed by atoms with E-state index in [9.17, 15) is 0 Å². The van der Waals surface area contributed by atoms with E-state index in [-0.39, 0.29) is 0 Å². The summed E-state index contributed by atoms with van der Waals surface area (Å²) in [5.41, 5.74) is 1.25. The molecule has 0 saturated heterocycles. The van der Waals surface area contributed by atoms with E-state index < -0.39 is 0 Å². The van der Waals surface area contributed by atoms with Crippen LogP contribution in [-0.2, 0) is 0 Å². The zero-order chi connectivity index (χ0) is 20.1. The number of hydrogen-bond acceptors (Lipinski definition) is 0. The summed E-state index contributed by atoms with van der Waals surface area (Å²) in [6.45, 7) is 15.3. The van der Waals surface area contributed by atoms with Gasteiger partial charge in [0.2, 0.25) is 0 Å². The highest BCUT2D eigenvalue weighted by Gasteiger charge is 2.60. The molecule has 0 aromatic carbocycles. The molecule has 4 aliphatic carbocycles. The van der Waals surface area contributed by atoms with Crippen LogP contribution in [0.2, 0.25) is 0 Å². The van der Waals surface area contributed by atoms with Crippen LogP contribution in [0.25, 0.3) is 0 Å². The van der Waals surface area contributed by atoms with Crippen molar-refractivity contribution in [3.05, 3.63) is 12.2 Å². The van der Waals surface area contributed by atoms with Gasteiger partial charge in [0.25, 0.3) is 0 Å². The highest BCUT2D eigenvalue weighted by molar-refractivity contribution is 5.13. The summed E-state index contributed by atoms with van der Waals surface area (Å²) in [4.78, 5) is 0. The Morgan fingerprint density at radius 2 is 1.57 bits per heavy atom. The van der Waals surface area contributed by atoms with Gasteiger partial charge in [0.1, 0.15) is 0 Å². The van der Waals surface area contributed by atoms with Crippen molar-refractivity contribution in [2.45, 2.75) is 106 Å². The average molecular weight is 385 g/mol. The molecule has 0 aromatic rings. The number of rotatable bonds is 5. The van der Waals surface area contributed by atoms with Crippen LogP contribution < -0.4 is 0 Å². The summed E-state index contributed by atoms with van der Waals surface area (Å²) < 4.78 is 0. The van der Waals surface area contributed by atoms with Crippen molar-refractivity contribution in [1.29, 1.82) is 0 Å². The van der Waals surface area contributed by atoms with Crippen LogP contribution in [0.3, 0.4) is 0 Å². The maximum Gasteiger partial charge on any atom is -0.0226 e. The van der Waals surface area contributed by atoms with Crippen LogP contribution in [0.1, 0.15) is 106 Å². The zero-order valence-corrected chi connectivity index (χ0v) is 19.8. The Hall–Kier alpha value is -0.260. The molecule has 0 nitrogen and oxygen atoms in total. The highest BCUT2D eigenvalue weighted by atomic mass is 14.6. The van der Waals surface area contributed by atoms with Gasteiger partial charge in [0, 0.05) is 0 Å². The maximum absolute atomic E-state index is 2.74. The summed E-state index contributed by atoms with van der Waals surface area (Å²) in [6.07, 6.45) is 20.0. The van der Waals surface area contributed by atoms with Gasteiger partial charge >= 0.3 is 0 Å². The minimum Gasteiger partial charge on any atom is -0.0877 e. The third-order valence-electron chi connectivity index (χ3n) is 10.8. The van der Waals surface area contributed by atoms with Crippen molar-refractivity contribution in [3.8, 4) is 0 Å². The lowest BCUT2D eigenvalue weighted by Gasteiger charge is -2.61. The Morgan fingerprint density at radius 1 is 0.857 bits per heavy atom. The molecule has 2 unspecified atom stereocenters. The summed E-state index contributed by atoms with van der Waals surface area (Å²) >= 11 is 0. The molecule has 0 aromatic heterocycles. The van der Waals surface area contributed by atoms with Crippen molar-refractivity contribution in [3.63, 3.8) is 0 Å². The van der Waals surface area contributed by atoms with Crippen LogP contribution >= 0.6 is 0 Å². The van der Waals surface area contributed by atoms with Gasteiger partial charge in [-0.2, -0.15) is 0 Å². The van der Waals surface area contributed by atoms with Crippen LogP contribution in [0.15, 0.2) is 12.2 Å². The van der Waals surface area contributed by atoms with Gasteiger partial charge in [-0.15, -0.1) is 0 Å². The van der Waals surface area contributed by atoms with E-state index >= 15 is 0 Å². The first-order valence-corrected chi connectivity index (χ1v) is 12.9. The molecule has 0 spiro atoms. The van der Waals surface area contributed by atoms with Crippen LogP contribution in [0, 0.1) is 58.2 Å². The SMILES string of the molecule is CC(C)CCC[C@@H](C)[C@H]1CC[C@H]2[C@@H]3CCC4C(C)C=CC[C@]4(C)[C@H]3CC[C@]12C. The minimum atomic E-state index is 0.597. The van der Waals surface area contributed by atoms with Crippen LogP contribution in [-0.4, -0.2) is 0 Å². The van der Waals surface area contributed by atoms with E-state index in [4.69, 9.17) is 0 Å². The van der Waals surface area contributed by atoms with Crippen molar-refractivity contribution in [1.82, 2.24) is 0 Å². The third-order valence-corrected chi connectivity index (χ3v) is 10.8. The third kappa shape index (κ3) is 3.33. The fourth-order valence-corrected chi connectivity index (χ4v) is 9.35. The molecule has 0 heteroatoms. The second kappa shape index (κ2) is 7.77. The zero-order valence-electron chi connectivity index (χ0n) is 19.8. The Balaban J connectivity index is 1.48. The van der Waals surface area contributed by atoms with Crippen LogP contribution in [0.4, 0.5) is 0 Å². The van der Waals surface area contributed by atoms with Crippen LogP contribution in [0.5, 0.6) is 0 Å². The molecule has 9 atom stereocenters. The molecule has 0 bridgehead atoms. The number of fused-ring (bicyclic) bond motifs is 5. The second-order valence-electron chi connectivity index (χ2n) is 12.6. The highest BCUT2D eigenvalue weighted by Crippen LogP contribution is 2.68. The van der Waals surface area contributed by atoms with E-state index in [0.717, 1.165) is 47.3 Å². The minimum absolute atomic E-state index is 0.597. The molecule has 160 valence electrons. The summed E-state index contributed by atoms with van der Waals surface area (Å²) in [5, 5.41) is 0. The summed E-state index contributed by atoms with van der Waals surface area (Å²) in [7, 11) is 0. The first kappa shape index (κ1) is 21.0. The Bertz CT molecular complexity index is 573. The predicted molar refractivity (Wildman–Crippen MR) is 122 cm³/mol. The van der Waals surface area contributed by atoms with Gasteiger partial charge in [0.15, 0.2) is 0 Å². The largest absolute Gasteiger partial charge is 0.0877 e. The lowest BCUT2D eigenvalue weighted by atomic mass is 9.44. The Morgan fingerprint density at radius 3 is 2.32 bits per heavy atom. The van der Waals surface area contributed by atoms with E-state index in [1.54, 1.807) is 6.42 Å². The van der Waals surface area contributed by atoms with Crippen molar-refractivity contribution >= 4 is 0 Å². The molecule has 4 rings (SSSR count). The van der Waals surface area contributed by atoms with Gasteiger partial charge < -0.3 is 0 Å². The summed E-state index contributed by atoms with van der Waals surface area (Å²) in [5.74, 6) is 7.65. The van der Waals surface area contributed by atoms with Crippen molar-refractivity contribution in [2.24, 2.45) is 58.2 Å². The average Bonchev–Trinajstić information content (AvgIpc) is 2.98. The topological polar surface area (TPSA) is 0 Å². The van der Waals surface area contributed by atoms with Gasteiger partial charge in [0.05, 0.1) is 0 Å². The van der Waals surface area contributed by atoms with Gasteiger partial charge in [-0.1, -0.05) is 73.0 Å². The smallest absolute Gasteiger partial charge is 0.0226 e. The van der Waals surface area contributed by atoms with Crippen molar-refractivity contribution < 1.29 is 0 Å². The van der Waals surface area contributed by atoms with Crippen molar-refractivity contribution in [2.75, 3.05) is 0 Å². The molecule has 0 radical (unpaired) electrons. The Labute approximate surface area is 176 Å². The molecule has 0 heterocycles. The molecule has 3 fully saturated rings. The molecule has 0 N–H and O–H groups in total. The monoisotopic (exact) mass is 384 g/mol. The fraction of sp³-hybridized carbons (Fsp3) is 0.929. The predicted octanol–water partition coefficient (Wildman–Crippen LogP) is 8.52. The van der Waals surface area contributed by atoms with E-state index in [1.807, 2.05) is 0 Å².